The first kappa shape index (κ1) is 17.6. The predicted octanol–water partition coefficient (Wildman–Crippen LogP) is 3.81. The van der Waals surface area contributed by atoms with Gasteiger partial charge in [-0.15, -0.1) is 0 Å². The quantitative estimate of drug-likeness (QED) is 0.454. The van der Waals surface area contributed by atoms with Gasteiger partial charge in [0, 0.05) is 6.20 Å². The second-order valence-electron chi connectivity index (χ2n) is 6.57. The van der Waals surface area contributed by atoms with Gasteiger partial charge in [0.25, 0.3) is 11.3 Å². The maximum absolute atomic E-state index is 13.3. The van der Waals surface area contributed by atoms with Crippen molar-refractivity contribution in [3.63, 3.8) is 0 Å². The summed E-state index contributed by atoms with van der Waals surface area (Å²) in [6.45, 7) is 3.72. The van der Waals surface area contributed by atoms with Crippen LogP contribution in [0.15, 0.2) is 63.3 Å². The van der Waals surface area contributed by atoms with Crippen molar-refractivity contribution in [3.8, 4) is 5.69 Å². The topological polar surface area (TPSA) is 102 Å². The highest BCUT2D eigenvalue weighted by Gasteiger charge is 2.23. The molecule has 144 valence electrons. The highest BCUT2D eigenvalue weighted by molar-refractivity contribution is 7.99. The third kappa shape index (κ3) is 2.90. The standard InChI is InChI=1S/C20H16N6O2S/c1-11-15-18(28-25-11)24-17(26(20(15)27)13-6-4-3-5-7-13)12(2)29-19-16-14(8-9-21-19)22-10-23-16/h3-10,12H,1-2H3,(H,22,23). The van der Waals surface area contributed by atoms with Gasteiger partial charge < -0.3 is 9.51 Å². The van der Waals surface area contributed by atoms with E-state index in [0.29, 0.717) is 16.9 Å². The molecule has 1 unspecified atom stereocenters. The minimum Gasteiger partial charge on any atom is -0.344 e. The van der Waals surface area contributed by atoms with Crippen molar-refractivity contribution in [1.29, 1.82) is 0 Å². The molecule has 0 aliphatic carbocycles. The van der Waals surface area contributed by atoms with Crippen molar-refractivity contribution < 1.29 is 4.52 Å². The Bertz CT molecular complexity index is 1390. The molecule has 1 aromatic carbocycles. The molecule has 5 aromatic rings. The lowest BCUT2D eigenvalue weighted by Crippen LogP contribution is -2.24. The molecule has 1 atom stereocenters. The number of benzene rings is 1. The molecular weight excluding hydrogens is 388 g/mol. The molecule has 1 N–H and O–H groups in total. The van der Waals surface area contributed by atoms with Gasteiger partial charge >= 0.3 is 0 Å². The summed E-state index contributed by atoms with van der Waals surface area (Å²) in [5.74, 6) is 0.559. The van der Waals surface area contributed by atoms with Crippen LogP contribution in [-0.2, 0) is 0 Å². The number of hydrogen-bond donors (Lipinski definition) is 1. The summed E-state index contributed by atoms with van der Waals surface area (Å²) in [6, 6.07) is 11.3. The molecule has 5 rings (SSSR count). The largest absolute Gasteiger partial charge is 0.344 e. The highest BCUT2D eigenvalue weighted by atomic mass is 32.2. The zero-order valence-electron chi connectivity index (χ0n) is 15.7. The Kier molecular flexibility index (Phi) is 4.17. The SMILES string of the molecule is Cc1noc2nc(C(C)Sc3nccc4[nH]cnc34)n(-c3ccccc3)c(=O)c12. The highest BCUT2D eigenvalue weighted by Crippen LogP contribution is 2.36. The lowest BCUT2D eigenvalue weighted by molar-refractivity contribution is 0.441. The Morgan fingerprint density at radius 1 is 1.17 bits per heavy atom. The van der Waals surface area contributed by atoms with Gasteiger partial charge in [-0.05, 0) is 32.0 Å². The van der Waals surface area contributed by atoms with E-state index in [1.165, 1.54) is 11.8 Å². The second-order valence-corrected chi connectivity index (χ2v) is 7.90. The van der Waals surface area contributed by atoms with Crippen LogP contribution in [0.5, 0.6) is 0 Å². The summed E-state index contributed by atoms with van der Waals surface area (Å²) < 4.78 is 6.92. The number of aromatic amines is 1. The average Bonchev–Trinajstić information content (AvgIpc) is 3.36. The molecule has 0 radical (unpaired) electrons. The minimum atomic E-state index is -0.201. The molecule has 0 aliphatic heterocycles. The molecule has 0 spiro atoms. The van der Waals surface area contributed by atoms with E-state index in [2.05, 4.69) is 25.1 Å². The Morgan fingerprint density at radius 3 is 2.83 bits per heavy atom. The fourth-order valence-corrected chi connectivity index (χ4v) is 4.29. The molecule has 29 heavy (non-hydrogen) atoms. The summed E-state index contributed by atoms with van der Waals surface area (Å²) in [6.07, 6.45) is 3.37. The number of fused-ring (bicyclic) bond motifs is 2. The Hall–Kier alpha value is -3.46. The van der Waals surface area contributed by atoms with Crippen molar-refractivity contribution >= 4 is 33.9 Å². The van der Waals surface area contributed by atoms with Gasteiger partial charge in [0.15, 0.2) is 0 Å². The van der Waals surface area contributed by atoms with E-state index < -0.39 is 0 Å². The Labute approximate surface area is 169 Å². The number of para-hydroxylation sites is 1. The summed E-state index contributed by atoms with van der Waals surface area (Å²) in [4.78, 5) is 29.9. The first-order chi connectivity index (χ1) is 14.1. The molecule has 8 nitrogen and oxygen atoms in total. The van der Waals surface area contributed by atoms with Crippen molar-refractivity contribution in [2.75, 3.05) is 0 Å². The zero-order valence-corrected chi connectivity index (χ0v) is 16.5. The van der Waals surface area contributed by atoms with Crippen LogP contribution in [0.1, 0.15) is 23.7 Å². The van der Waals surface area contributed by atoms with Crippen molar-refractivity contribution in [1.82, 2.24) is 29.7 Å². The van der Waals surface area contributed by atoms with E-state index in [1.807, 2.05) is 43.3 Å². The van der Waals surface area contributed by atoms with Crippen LogP contribution in [0.3, 0.4) is 0 Å². The number of aryl methyl sites for hydroxylation is 1. The number of aromatic nitrogens is 6. The third-order valence-electron chi connectivity index (χ3n) is 4.68. The van der Waals surface area contributed by atoms with Gasteiger partial charge in [0.05, 0.1) is 28.5 Å². The van der Waals surface area contributed by atoms with E-state index in [0.717, 1.165) is 21.7 Å². The van der Waals surface area contributed by atoms with Gasteiger partial charge in [-0.1, -0.05) is 35.1 Å². The molecule has 0 bridgehead atoms. The third-order valence-corrected chi connectivity index (χ3v) is 5.76. The van der Waals surface area contributed by atoms with Gasteiger partial charge in [-0.3, -0.25) is 9.36 Å². The first-order valence-corrected chi connectivity index (χ1v) is 9.90. The molecule has 0 fully saturated rings. The van der Waals surface area contributed by atoms with Crippen LogP contribution >= 0.6 is 11.8 Å². The monoisotopic (exact) mass is 404 g/mol. The van der Waals surface area contributed by atoms with Crippen LogP contribution in [-0.4, -0.2) is 29.7 Å². The molecule has 0 aliphatic rings. The summed E-state index contributed by atoms with van der Waals surface area (Å²) >= 11 is 1.49. The smallest absolute Gasteiger partial charge is 0.271 e. The fraction of sp³-hybridized carbons (Fsp3) is 0.150. The Balaban J connectivity index is 1.69. The van der Waals surface area contributed by atoms with Gasteiger partial charge in [-0.2, -0.15) is 4.98 Å². The van der Waals surface area contributed by atoms with Crippen molar-refractivity contribution in [2.24, 2.45) is 0 Å². The van der Waals surface area contributed by atoms with E-state index in [9.17, 15) is 4.79 Å². The number of imidazole rings is 1. The number of pyridine rings is 1. The number of H-pyrrole nitrogens is 1. The summed E-state index contributed by atoms with van der Waals surface area (Å²) in [5, 5.41) is 4.88. The molecular formula is C20H16N6O2S. The number of rotatable bonds is 4. The molecule has 0 amide bonds. The average molecular weight is 404 g/mol. The number of thioether (sulfide) groups is 1. The number of nitrogens with one attached hydrogen (secondary N) is 1. The van der Waals surface area contributed by atoms with E-state index in [1.54, 1.807) is 24.0 Å². The maximum atomic E-state index is 13.3. The van der Waals surface area contributed by atoms with Crippen LogP contribution in [0.25, 0.3) is 27.8 Å². The lowest BCUT2D eigenvalue weighted by atomic mass is 10.2. The van der Waals surface area contributed by atoms with E-state index in [4.69, 9.17) is 4.52 Å². The van der Waals surface area contributed by atoms with Crippen molar-refractivity contribution in [3.05, 3.63) is 70.8 Å². The molecule has 4 aromatic heterocycles. The Morgan fingerprint density at radius 2 is 2.00 bits per heavy atom. The van der Waals surface area contributed by atoms with Crippen LogP contribution < -0.4 is 5.56 Å². The van der Waals surface area contributed by atoms with Crippen LogP contribution in [0, 0.1) is 6.92 Å². The fourth-order valence-electron chi connectivity index (χ4n) is 3.30. The van der Waals surface area contributed by atoms with Gasteiger partial charge in [0.2, 0.25) is 0 Å². The normalized spacial score (nSPS) is 12.6. The van der Waals surface area contributed by atoms with E-state index in [-0.39, 0.29) is 16.5 Å². The minimum absolute atomic E-state index is 0.201. The second kappa shape index (κ2) is 6.85. The lowest BCUT2D eigenvalue weighted by Gasteiger charge is -2.17. The van der Waals surface area contributed by atoms with Gasteiger partial charge in [0.1, 0.15) is 21.8 Å². The van der Waals surface area contributed by atoms with Crippen molar-refractivity contribution in [2.45, 2.75) is 24.1 Å². The molecule has 4 heterocycles. The van der Waals surface area contributed by atoms with Crippen LogP contribution in [0.4, 0.5) is 0 Å². The van der Waals surface area contributed by atoms with E-state index >= 15 is 0 Å². The zero-order chi connectivity index (χ0) is 20.0. The maximum Gasteiger partial charge on any atom is 0.271 e. The van der Waals surface area contributed by atoms with Crippen LogP contribution in [0.2, 0.25) is 0 Å². The summed E-state index contributed by atoms with van der Waals surface area (Å²) in [7, 11) is 0. The first-order valence-electron chi connectivity index (χ1n) is 9.02. The molecule has 0 saturated carbocycles. The summed E-state index contributed by atoms with van der Waals surface area (Å²) in [5.41, 5.74) is 3.00. The molecule has 9 heteroatoms. The number of hydrogen-bond acceptors (Lipinski definition) is 7. The molecule has 0 saturated heterocycles. The number of nitrogens with zero attached hydrogens (tertiary/aromatic N) is 5. The van der Waals surface area contributed by atoms with Gasteiger partial charge in [-0.25, -0.2) is 9.97 Å². The predicted molar refractivity (Wildman–Crippen MR) is 110 cm³/mol.